The Morgan fingerprint density at radius 1 is 1.18 bits per heavy atom. The fraction of sp³-hybridized carbons (Fsp3) is 0.290. The summed E-state index contributed by atoms with van der Waals surface area (Å²) < 4.78 is 0. The zero-order chi connectivity index (χ0) is 28.1. The molecule has 1 aliphatic rings. The molecule has 3 heterocycles. The van der Waals surface area contributed by atoms with E-state index in [2.05, 4.69) is 15.3 Å². The van der Waals surface area contributed by atoms with Gasteiger partial charge in [0.25, 0.3) is 5.91 Å². The highest BCUT2D eigenvalue weighted by molar-refractivity contribution is 6.33. The van der Waals surface area contributed by atoms with Crippen LogP contribution >= 0.6 is 11.6 Å². The average Bonchev–Trinajstić information content (AvgIpc) is 3.38. The summed E-state index contributed by atoms with van der Waals surface area (Å²) in [4.78, 5) is 41.8. The van der Waals surface area contributed by atoms with Gasteiger partial charge in [-0.1, -0.05) is 48.0 Å². The Hall–Kier alpha value is -4.01. The number of nitrogens with zero attached hydrogens (tertiary/aromatic N) is 4. The molecular weight excluding hydrogens is 524 g/mol. The Morgan fingerprint density at radius 2 is 1.98 bits per heavy atom. The van der Waals surface area contributed by atoms with Crippen LogP contribution in [0.15, 0.2) is 73.1 Å². The molecule has 0 radical (unpaired) electrons. The van der Waals surface area contributed by atoms with Gasteiger partial charge < -0.3 is 20.1 Å². The molecule has 5 rings (SSSR count). The van der Waals surface area contributed by atoms with Crippen molar-refractivity contribution in [2.75, 3.05) is 39.0 Å². The summed E-state index contributed by atoms with van der Waals surface area (Å²) in [7, 11) is 3.91. The molecule has 0 unspecified atom stereocenters. The largest absolute Gasteiger partial charge is 0.360 e. The SMILES string of the molecule is CN(C)C/C=C/C(=O)Cc1ccc(C(=O)N2CCC[C@@H](Nc3ncc(Cl)c(-c4c[nH]c5ccccc45)n3)C2)cc1. The monoisotopic (exact) mass is 556 g/mol. The summed E-state index contributed by atoms with van der Waals surface area (Å²) in [5.41, 5.74) is 4.09. The third kappa shape index (κ3) is 6.58. The number of aromatic nitrogens is 3. The number of para-hydroxylation sites is 1. The number of hydrogen-bond donors (Lipinski definition) is 2. The zero-order valence-corrected chi connectivity index (χ0v) is 23.5. The van der Waals surface area contributed by atoms with E-state index in [1.165, 1.54) is 0 Å². The molecule has 2 N–H and O–H groups in total. The number of hydrogen-bond acceptors (Lipinski definition) is 6. The summed E-state index contributed by atoms with van der Waals surface area (Å²) in [5, 5.41) is 4.94. The number of carbonyl (C=O) groups is 2. The first-order chi connectivity index (χ1) is 19.4. The number of allylic oxidation sites excluding steroid dienone is 1. The van der Waals surface area contributed by atoms with E-state index in [1.54, 1.807) is 24.4 Å². The zero-order valence-electron chi connectivity index (χ0n) is 22.7. The predicted octanol–water partition coefficient (Wildman–Crippen LogP) is 5.22. The molecule has 2 aromatic heterocycles. The van der Waals surface area contributed by atoms with Crippen molar-refractivity contribution < 1.29 is 9.59 Å². The van der Waals surface area contributed by atoms with Crippen LogP contribution < -0.4 is 5.32 Å². The second-order valence-corrected chi connectivity index (χ2v) is 10.8. The molecule has 1 atom stereocenters. The Bertz CT molecular complexity index is 1530. The summed E-state index contributed by atoms with van der Waals surface area (Å²) in [6.45, 7) is 1.96. The number of piperidine rings is 1. The summed E-state index contributed by atoms with van der Waals surface area (Å²) in [6, 6.07) is 15.4. The Kier molecular flexibility index (Phi) is 8.57. The van der Waals surface area contributed by atoms with E-state index in [-0.39, 0.29) is 17.7 Å². The summed E-state index contributed by atoms with van der Waals surface area (Å²) in [6.07, 6.45) is 9.10. The molecule has 0 aliphatic carbocycles. The van der Waals surface area contributed by atoms with Gasteiger partial charge in [-0.25, -0.2) is 9.97 Å². The van der Waals surface area contributed by atoms with Gasteiger partial charge in [-0.05, 0) is 56.8 Å². The molecule has 0 saturated carbocycles. The predicted molar refractivity (Wildman–Crippen MR) is 160 cm³/mol. The van der Waals surface area contributed by atoms with Crippen LogP contribution in [0.3, 0.4) is 0 Å². The van der Waals surface area contributed by atoms with Crippen molar-refractivity contribution in [1.29, 1.82) is 0 Å². The first-order valence-corrected chi connectivity index (χ1v) is 13.8. The van der Waals surface area contributed by atoms with Gasteiger partial charge in [-0.3, -0.25) is 9.59 Å². The maximum atomic E-state index is 13.3. The molecular formula is C31H33ClN6O2. The number of H-pyrrole nitrogens is 1. The van der Waals surface area contributed by atoms with E-state index in [1.807, 2.05) is 72.6 Å². The van der Waals surface area contributed by atoms with Gasteiger partial charge in [0.2, 0.25) is 5.95 Å². The molecule has 206 valence electrons. The van der Waals surface area contributed by atoms with Crippen molar-refractivity contribution in [2.24, 2.45) is 0 Å². The molecule has 1 aliphatic heterocycles. The number of ketones is 1. The van der Waals surface area contributed by atoms with E-state index in [4.69, 9.17) is 16.6 Å². The maximum absolute atomic E-state index is 13.3. The third-order valence-corrected chi connectivity index (χ3v) is 7.26. The van der Waals surface area contributed by atoms with Crippen molar-refractivity contribution in [3.05, 3.63) is 89.2 Å². The van der Waals surface area contributed by atoms with Crippen molar-refractivity contribution in [3.63, 3.8) is 0 Å². The maximum Gasteiger partial charge on any atom is 0.253 e. The highest BCUT2D eigenvalue weighted by Crippen LogP contribution is 2.32. The number of fused-ring (bicyclic) bond motifs is 1. The topological polar surface area (TPSA) is 94.2 Å². The molecule has 8 nitrogen and oxygen atoms in total. The fourth-order valence-corrected chi connectivity index (χ4v) is 5.15. The Labute approximate surface area is 239 Å². The van der Waals surface area contributed by atoms with Crippen molar-refractivity contribution in [3.8, 4) is 11.3 Å². The van der Waals surface area contributed by atoms with Crippen LogP contribution in [0.25, 0.3) is 22.2 Å². The number of aromatic amines is 1. The smallest absolute Gasteiger partial charge is 0.253 e. The minimum absolute atomic E-state index is 0.0144. The second kappa shape index (κ2) is 12.4. The van der Waals surface area contributed by atoms with E-state index in [9.17, 15) is 9.59 Å². The molecule has 9 heteroatoms. The lowest BCUT2D eigenvalue weighted by Gasteiger charge is -2.33. The first-order valence-electron chi connectivity index (χ1n) is 13.5. The van der Waals surface area contributed by atoms with Gasteiger partial charge in [0, 0.05) is 60.3 Å². The van der Waals surface area contributed by atoms with Crippen LogP contribution in [0.5, 0.6) is 0 Å². The van der Waals surface area contributed by atoms with E-state index >= 15 is 0 Å². The van der Waals surface area contributed by atoms with Crippen LogP contribution in [0.1, 0.15) is 28.8 Å². The number of carbonyl (C=O) groups excluding carboxylic acids is 2. The van der Waals surface area contributed by atoms with Crippen LogP contribution in [0, 0.1) is 0 Å². The lowest BCUT2D eigenvalue weighted by Crippen LogP contribution is -2.45. The average molecular weight is 557 g/mol. The number of likely N-dealkylation sites (N-methyl/N-ethyl adjacent to an activating group) is 1. The van der Waals surface area contributed by atoms with Gasteiger partial charge in [-0.2, -0.15) is 0 Å². The van der Waals surface area contributed by atoms with E-state index in [0.717, 1.165) is 41.4 Å². The minimum Gasteiger partial charge on any atom is -0.360 e. The van der Waals surface area contributed by atoms with E-state index in [0.29, 0.717) is 41.7 Å². The molecule has 2 aromatic carbocycles. The first kappa shape index (κ1) is 27.6. The highest BCUT2D eigenvalue weighted by Gasteiger charge is 2.25. The number of likely N-dealkylation sites (tertiary alicyclic amines) is 1. The molecule has 0 spiro atoms. The van der Waals surface area contributed by atoms with Crippen LogP contribution in [-0.4, -0.2) is 76.2 Å². The van der Waals surface area contributed by atoms with Crippen molar-refractivity contribution >= 4 is 40.1 Å². The number of halogens is 1. The molecule has 1 fully saturated rings. The molecule has 0 bridgehead atoms. The number of benzene rings is 2. The molecule has 40 heavy (non-hydrogen) atoms. The second-order valence-electron chi connectivity index (χ2n) is 10.4. The van der Waals surface area contributed by atoms with Crippen LogP contribution in [0.4, 0.5) is 5.95 Å². The molecule has 1 saturated heterocycles. The number of nitrogens with one attached hydrogen (secondary N) is 2. The lowest BCUT2D eigenvalue weighted by molar-refractivity contribution is -0.114. The van der Waals surface area contributed by atoms with E-state index < -0.39 is 0 Å². The quantitative estimate of drug-likeness (QED) is 0.274. The van der Waals surface area contributed by atoms with Crippen molar-refractivity contribution in [2.45, 2.75) is 25.3 Å². The van der Waals surface area contributed by atoms with Gasteiger partial charge in [-0.15, -0.1) is 0 Å². The molecule has 1 amide bonds. The van der Waals surface area contributed by atoms with Gasteiger partial charge in [0.15, 0.2) is 5.78 Å². The minimum atomic E-state index is -0.0215. The summed E-state index contributed by atoms with van der Waals surface area (Å²) >= 11 is 6.49. The number of rotatable bonds is 9. The normalized spacial score (nSPS) is 15.7. The summed E-state index contributed by atoms with van der Waals surface area (Å²) in [5.74, 6) is 0.507. The van der Waals surface area contributed by atoms with Gasteiger partial charge >= 0.3 is 0 Å². The van der Waals surface area contributed by atoms with Crippen LogP contribution in [-0.2, 0) is 11.2 Å². The third-order valence-electron chi connectivity index (χ3n) is 6.98. The standard InChI is InChI=1S/C31H33ClN6O2/c1-37(2)15-6-8-24(39)17-21-11-13-22(14-12-21)30(40)38-16-5-7-23(20-38)35-31-34-19-27(32)29(36-31)26-18-33-28-10-4-3-9-25(26)28/h3-4,6,8-14,18-19,23,33H,5,7,15-17,20H2,1-2H3,(H,34,35,36)/b8-6+/t23-/m1/s1. The highest BCUT2D eigenvalue weighted by atomic mass is 35.5. The van der Waals surface area contributed by atoms with Crippen LogP contribution in [0.2, 0.25) is 5.02 Å². The lowest BCUT2D eigenvalue weighted by atomic mass is 10.0. The molecule has 4 aromatic rings. The van der Waals surface area contributed by atoms with Gasteiger partial charge in [0.1, 0.15) is 0 Å². The van der Waals surface area contributed by atoms with Gasteiger partial charge in [0.05, 0.1) is 16.9 Å². The number of amides is 1. The Balaban J connectivity index is 1.22. The Morgan fingerprint density at radius 3 is 2.77 bits per heavy atom. The fourth-order valence-electron chi connectivity index (χ4n) is 4.96. The number of anilines is 1. The van der Waals surface area contributed by atoms with Crippen molar-refractivity contribution in [1.82, 2.24) is 24.8 Å².